The van der Waals surface area contributed by atoms with Crippen LogP contribution in [0.25, 0.3) is 6.08 Å². The van der Waals surface area contributed by atoms with Gasteiger partial charge in [-0.3, -0.25) is 4.79 Å². The van der Waals surface area contributed by atoms with E-state index in [1.807, 2.05) is 6.07 Å². The third-order valence-corrected chi connectivity index (χ3v) is 3.87. The molecule has 1 aliphatic heterocycles. The van der Waals surface area contributed by atoms with E-state index < -0.39 is 0 Å². The Hall–Kier alpha value is -3.15. The molecule has 0 aliphatic carbocycles. The van der Waals surface area contributed by atoms with Crippen LogP contribution in [-0.4, -0.2) is 34.2 Å². The van der Waals surface area contributed by atoms with E-state index >= 15 is 0 Å². The van der Waals surface area contributed by atoms with Gasteiger partial charge < -0.3 is 23.7 Å². The van der Waals surface area contributed by atoms with Crippen molar-refractivity contribution in [2.45, 2.75) is 0 Å². The van der Waals surface area contributed by atoms with Crippen LogP contribution >= 0.6 is 0 Å². The average Bonchev–Trinajstić information content (AvgIpc) is 2.96. The fourth-order valence-electron chi connectivity index (χ4n) is 2.63. The van der Waals surface area contributed by atoms with Gasteiger partial charge in [0.05, 0.1) is 28.4 Å². The van der Waals surface area contributed by atoms with Crippen LogP contribution in [0.15, 0.2) is 36.1 Å². The molecular formula is C19H18O6. The van der Waals surface area contributed by atoms with E-state index in [9.17, 15) is 4.79 Å². The number of fused-ring (bicyclic) bond motifs is 1. The van der Waals surface area contributed by atoms with Crippen molar-refractivity contribution in [3.8, 4) is 28.7 Å². The van der Waals surface area contributed by atoms with Crippen molar-refractivity contribution in [3.63, 3.8) is 0 Å². The number of Topliss-reactive ketones (excluding diaryl/α,β-unsaturated/α-hetero) is 1. The number of ether oxygens (including phenoxy) is 5. The monoisotopic (exact) mass is 342 g/mol. The van der Waals surface area contributed by atoms with Gasteiger partial charge in [-0.05, 0) is 23.8 Å². The first kappa shape index (κ1) is 16.7. The molecule has 0 N–H and O–H groups in total. The predicted molar refractivity (Wildman–Crippen MR) is 92.0 cm³/mol. The van der Waals surface area contributed by atoms with E-state index in [1.165, 1.54) is 7.11 Å². The Morgan fingerprint density at radius 2 is 1.56 bits per heavy atom. The summed E-state index contributed by atoms with van der Waals surface area (Å²) < 4.78 is 26.7. The van der Waals surface area contributed by atoms with Crippen LogP contribution in [0.5, 0.6) is 28.7 Å². The molecule has 0 saturated heterocycles. The highest BCUT2D eigenvalue weighted by Crippen LogP contribution is 2.41. The van der Waals surface area contributed by atoms with Gasteiger partial charge >= 0.3 is 0 Å². The van der Waals surface area contributed by atoms with E-state index in [4.69, 9.17) is 23.7 Å². The molecule has 6 nitrogen and oxygen atoms in total. The fourth-order valence-corrected chi connectivity index (χ4v) is 2.63. The number of carbonyl (C=O) groups excluding carboxylic acids is 1. The Morgan fingerprint density at radius 1 is 0.840 bits per heavy atom. The minimum Gasteiger partial charge on any atom is -0.496 e. The molecule has 25 heavy (non-hydrogen) atoms. The molecule has 0 spiro atoms. The highest BCUT2D eigenvalue weighted by atomic mass is 16.5. The zero-order valence-electron chi connectivity index (χ0n) is 14.4. The lowest BCUT2D eigenvalue weighted by Crippen LogP contribution is -2.00. The zero-order chi connectivity index (χ0) is 18.0. The lowest BCUT2D eigenvalue weighted by molar-refractivity contribution is 0.101. The molecule has 130 valence electrons. The lowest BCUT2D eigenvalue weighted by atomic mass is 10.1. The fraction of sp³-hybridized carbons (Fsp3) is 0.211. The third kappa shape index (κ3) is 2.98. The normalized spacial score (nSPS) is 14.1. The maximum atomic E-state index is 12.7. The molecule has 0 aromatic heterocycles. The van der Waals surface area contributed by atoms with Crippen LogP contribution in [-0.2, 0) is 0 Å². The Bertz CT molecular complexity index is 853. The summed E-state index contributed by atoms with van der Waals surface area (Å²) in [6.45, 7) is 0. The lowest BCUT2D eigenvalue weighted by Gasteiger charge is -2.08. The summed E-state index contributed by atoms with van der Waals surface area (Å²) in [7, 11) is 6.16. The van der Waals surface area contributed by atoms with Gasteiger partial charge in [-0.1, -0.05) is 6.07 Å². The molecule has 0 radical (unpaired) electrons. The molecule has 0 fully saturated rings. The van der Waals surface area contributed by atoms with Crippen molar-refractivity contribution in [1.82, 2.24) is 0 Å². The molecule has 0 unspecified atom stereocenters. The van der Waals surface area contributed by atoms with Gasteiger partial charge in [-0.25, -0.2) is 0 Å². The van der Waals surface area contributed by atoms with Gasteiger partial charge in [0.25, 0.3) is 0 Å². The average molecular weight is 342 g/mol. The number of methoxy groups -OCH3 is 4. The number of ketones is 1. The van der Waals surface area contributed by atoms with Crippen molar-refractivity contribution in [1.29, 1.82) is 0 Å². The van der Waals surface area contributed by atoms with Crippen molar-refractivity contribution in [2.75, 3.05) is 28.4 Å². The topological polar surface area (TPSA) is 63.2 Å². The van der Waals surface area contributed by atoms with Crippen molar-refractivity contribution >= 4 is 11.9 Å². The second-order valence-corrected chi connectivity index (χ2v) is 5.26. The maximum Gasteiger partial charge on any atom is 0.235 e. The summed E-state index contributed by atoms with van der Waals surface area (Å²) in [5, 5.41) is 0. The van der Waals surface area contributed by atoms with Crippen LogP contribution in [0.2, 0.25) is 0 Å². The summed E-state index contributed by atoms with van der Waals surface area (Å²) in [4.78, 5) is 12.7. The molecule has 0 atom stereocenters. The largest absolute Gasteiger partial charge is 0.496 e. The number of carbonyl (C=O) groups is 1. The first-order valence-corrected chi connectivity index (χ1v) is 7.53. The number of rotatable bonds is 5. The predicted octanol–water partition coefficient (Wildman–Crippen LogP) is 3.34. The van der Waals surface area contributed by atoms with Crippen molar-refractivity contribution in [2.24, 2.45) is 0 Å². The number of hydrogen-bond donors (Lipinski definition) is 0. The number of benzene rings is 2. The number of allylic oxidation sites excluding steroid dienone is 1. The van der Waals surface area contributed by atoms with E-state index in [-0.39, 0.29) is 11.5 Å². The highest BCUT2D eigenvalue weighted by molar-refractivity contribution is 6.16. The molecule has 2 aromatic carbocycles. The van der Waals surface area contributed by atoms with Crippen LogP contribution in [0, 0.1) is 0 Å². The smallest absolute Gasteiger partial charge is 0.235 e. The van der Waals surface area contributed by atoms with Crippen LogP contribution in [0.4, 0.5) is 0 Å². The van der Waals surface area contributed by atoms with Crippen LogP contribution in [0.3, 0.4) is 0 Å². The molecule has 1 aliphatic rings. The molecule has 3 rings (SSSR count). The maximum absolute atomic E-state index is 12.7. The Labute approximate surface area is 145 Å². The molecule has 2 aromatic rings. The Kier molecular flexibility index (Phi) is 4.52. The van der Waals surface area contributed by atoms with Crippen molar-refractivity contribution in [3.05, 3.63) is 47.2 Å². The van der Waals surface area contributed by atoms with E-state index in [1.54, 1.807) is 51.7 Å². The second kappa shape index (κ2) is 6.76. The van der Waals surface area contributed by atoms with E-state index in [0.717, 1.165) is 5.56 Å². The standard InChI is InChI=1S/C19H18O6/c1-21-12-9-15(24-4)18-16(10-12)25-17(19(18)20)8-11-5-6-13(22-2)14(7-11)23-3/h5-10H,1-4H3/b17-8-. The van der Waals surface area contributed by atoms with Gasteiger partial charge in [-0.15, -0.1) is 0 Å². The van der Waals surface area contributed by atoms with Gasteiger partial charge in [0.2, 0.25) is 5.78 Å². The molecular weight excluding hydrogens is 324 g/mol. The first-order valence-electron chi connectivity index (χ1n) is 7.53. The van der Waals surface area contributed by atoms with Crippen LogP contribution in [0.1, 0.15) is 15.9 Å². The highest BCUT2D eigenvalue weighted by Gasteiger charge is 2.32. The minimum absolute atomic E-state index is 0.203. The molecule has 0 amide bonds. The molecule has 0 bridgehead atoms. The summed E-state index contributed by atoms with van der Waals surface area (Å²) >= 11 is 0. The molecule has 0 saturated carbocycles. The van der Waals surface area contributed by atoms with Gasteiger partial charge in [0.15, 0.2) is 17.3 Å². The zero-order valence-corrected chi connectivity index (χ0v) is 14.4. The number of hydrogen-bond acceptors (Lipinski definition) is 6. The SMILES string of the molecule is COc1cc(OC)c2c(c1)O/C(=C\c1ccc(OC)c(OC)c1)C2=O. The van der Waals surface area contributed by atoms with Gasteiger partial charge in [0.1, 0.15) is 22.8 Å². The van der Waals surface area contributed by atoms with E-state index in [2.05, 4.69) is 0 Å². The van der Waals surface area contributed by atoms with Gasteiger partial charge in [0, 0.05) is 12.1 Å². The molecule has 6 heteroatoms. The van der Waals surface area contributed by atoms with Crippen LogP contribution < -0.4 is 23.7 Å². The molecule has 1 heterocycles. The summed E-state index contributed by atoms with van der Waals surface area (Å²) in [5.74, 6) is 2.51. The summed E-state index contributed by atoms with van der Waals surface area (Å²) in [6, 6.07) is 8.65. The quantitative estimate of drug-likeness (QED) is 0.777. The Balaban J connectivity index is 2.00. The van der Waals surface area contributed by atoms with Crippen molar-refractivity contribution < 1.29 is 28.5 Å². The van der Waals surface area contributed by atoms with Gasteiger partial charge in [-0.2, -0.15) is 0 Å². The Morgan fingerprint density at radius 3 is 2.20 bits per heavy atom. The second-order valence-electron chi connectivity index (χ2n) is 5.26. The summed E-state index contributed by atoms with van der Waals surface area (Å²) in [6.07, 6.45) is 1.65. The minimum atomic E-state index is -0.246. The third-order valence-electron chi connectivity index (χ3n) is 3.87. The first-order chi connectivity index (χ1) is 12.1. The van der Waals surface area contributed by atoms with E-state index in [0.29, 0.717) is 34.3 Å². The summed E-state index contributed by atoms with van der Waals surface area (Å²) in [5.41, 5.74) is 1.13.